The second-order valence-corrected chi connectivity index (χ2v) is 7.15. The average molecular weight is 262 g/mol. The summed E-state index contributed by atoms with van der Waals surface area (Å²) in [7, 11) is 0. The van der Waals surface area contributed by atoms with Gasteiger partial charge in [0.1, 0.15) is 6.61 Å². The Bertz CT molecular complexity index is 459. The summed E-state index contributed by atoms with van der Waals surface area (Å²) in [5.74, 6) is -0.235. The third-order valence-electron chi connectivity index (χ3n) is 3.21. The van der Waals surface area contributed by atoms with Gasteiger partial charge in [0.05, 0.1) is 0 Å². The molecule has 0 aliphatic heterocycles. The van der Waals surface area contributed by atoms with Gasteiger partial charge in [-0.1, -0.05) is 59.7 Å². The molecule has 0 heterocycles. The van der Waals surface area contributed by atoms with Gasteiger partial charge in [0.25, 0.3) is 0 Å². The summed E-state index contributed by atoms with van der Waals surface area (Å²) in [6.07, 6.45) is 0. The zero-order chi connectivity index (χ0) is 14.8. The van der Waals surface area contributed by atoms with E-state index in [1.807, 2.05) is 0 Å². The fraction of sp³-hybridized carbons (Fsp3) is 0.588. The van der Waals surface area contributed by atoms with E-state index in [4.69, 9.17) is 4.74 Å². The first-order valence-corrected chi connectivity index (χ1v) is 6.79. The maximum Gasteiger partial charge on any atom is 0.302 e. The molecule has 0 bridgehead atoms. The Hall–Kier alpha value is -1.31. The SMILES string of the molecule is CC(=O)OCc1cc(C(C)(C)C)ccc1C(C)(C)C. The number of ether oxygens (including phenoxy) is 1. The Morgan fingerprint density at radius 1 is 1.05 bits per heavy atom. The molecule has 0 radical (unpaired) electrons. The van der Waals surface area contributed by atoms with Gasteiger partial charge in [0.15, 0.2) is 0 Å². The average Bonchev–Trinajstić information content (AvgIpc) is 2.23. The van der Waals surface area contributed by atoms with Crippen LogP contribution in [0, 0.1) is 0 Å². The monoisotopic (exact) mass is 262 g/mol. The maximum absolute atomic E-state index is 11.0. The van der Waals surface area contributed by atoms with Crippen molar-refractivity contribution in [1.29, 1.82) is 0 Å². The summed E-state index contributed by atoms with van der Waals surface area (Å²) in [5.41, 5.74) is 3.76. The zero-order valence-corrected chi connectivity index (χ0v) is 13.3. The lowest BCUT2D eigenvalue weighted by Gasteiger charge is -2.26. The van der Waals surface area contributed by atoms with E-state index in [0.717, 1.165) is 5.56 Å². The molecule has 106 valence electrons. The van der Waals surface area contributed by atoms with E-state index in [1.165, 1.54) is 18.1 Å². The summed E-state index contributed by atoms with van der Waals surface area (Å²) >= 11 is 0. The molecule has 0 aliphatic rings. The molecule has 0 fully saturated rings. The van der Waals surface area contributed by atoms with E-state index in [9.17, 15) is 4.79 Å². The molecule has 0 atom stereocenters. The van der Waals surface area contributed by atoms with E-state index in [2.05, 4.69) is 59.7 Å². The Morgan fingerprint density at radius 3 is 2.05 bits per heavy atom. The van der Waals surface area contributed by atoms with Gasteiger partial charge in [-0.3, -0.25) is 4.79 Å². The van der Waals surface area contributed by atoms with Gasteiger partial charge in [-0.2, -0.15) is 0 Å². The van der Waals surface area contributed by atoms with Gasteiger partial charge in [0.2, 0.25) is 0 Å². The minimum Gasteiger partial charge on any atom is -0.461 e. The minimum absolute atomic E-state index is 0.0475. The predicted molar refractivity (Wildman–Crippen MR) is 79.3 cm³/mol. The van der Waals surface area contributed by atoms with Crippen LogP contribution in [0.5, 0.6) is 0 Å². The molecule has 2 heteroatoms. The molecule has 0 saturated carbocycles. The number of esters is 1. The van der Waals surface area contributed by atoms with Crippen molar-refractivity contribution in [3.05, 3.63) is 34.9 Å². The highest BCUT2D eigenvalue weighted by Crippen LogP contribution is 2.31. The lowest BCUT2D eigenvalue weighted by molar-refractivity contribution is -0.142. The van der Waals surface area contributed by atoms with E-state index in [1.54, 1.807) is 0 Å². The summed E-state index contributed by atoms with van der Waals surface area (Å²) < 4.78 is 5.19. The van der Waals surface area contributed by atoms with Gasteiger partial charge in [0, 0.05) is 6.92 Å². The third-order valence-corrected chi connectivity index (χ3v) is 3.21. The normalized spacial score (nSPS) is 12.4. The number of benzene rings is 1. The number of rotatable bonds is 2. The molecule has 0 aliphatic carbocycles. The molecule has 0 spiro atoms. The highest BCUT2D eigenvalue weighted by Gasteiger charge is 2.21. The number of hydrogen-bond donors (Lipinski definition) is 0. The first-order chi connectivity index (χ1) is 8.51. The van der Waals surface area contributed by atoms with Crippen molar-refractivity contribution in [2.24, 2.45) is 0 Å². The van der Waals surface area contributed by atoms with Crippen LogP contribution in [0.4, 0.5) is 0 Å². The predicted octanol–water partition coefficient (Wildman–Crippen LogP) is 4.34. The van der Waals surface area contributed by atoms with Crippen molar-refractivity contribution in [3.8, 4) is 0 Å². The van der Waals surface area contributed by atoms with E-state index < -0.39 is 0 Å². The molecule has 1 aromatic carbocycles. The van der Waals surface area contributed by atoms with Gasteiger partial charge in [-0.05, 0) is 27.5 Å². The van der Waals surface area contributed by atoms with Crippen molar-refractivity contribution < 1.29 is 9.53 Å². The van der Waals surface area contributed by atoms with Crippen LogP contribution in [0.2, 0.25) is 0 Å². The standard InChI is InChI=1S/C17H26O2/c1-12(18)19-11-13-10-14(16(2,3)4)8-9-15(13)17(5,6)7/h8-10H,11H2,1-7H3. The summed E-state index contributed by atoms with van der Waals surface area (Å²) in [6, 6.07) is 6.51. The Morgan fingerprint density at radius 2 is 1.63 bits per heavy atom. The fourth-order valence-electron chi connectivity index (χ4n) is 2.09. The van der Waals surface area contributed by atoms with Crippen molar-refractivity contribution in [2.45, 2.75) is 65.9 Å². The molecule has 0 unspecified atom stereocenters. The van der Waals surface area contributed by atoms with Gasteiger partial charge in [-0.25, -0.2) is 0 Å². The van der Waals surface area contributed by atoms with Crippen molar-refractivity contribution >= 4 is 5.97 Å². The minimum atomic E-state index is -0.235. The number of hydrogen-bond acceptors (Lipinski definition) is 2. The van der Waals surface area contributed by atoms with Crippen molar-refractivity contribution in [2.75, 3.05) is 0 Å². The van der Waals surface area contributed by atoms with Crippen molar-refractivity contribution in [3.63, 3.8) is 0 Å². The molecule has 0 amide bonds. The second kappa shape index (κ2) is 5.36. The Kier molecular flexibility index (Phi) is 4.44. The molecular weight excluding hydrogens is 236 g/mol. The lowest BCUT2D eigenvalue weighted by atomic mass is 9.79. The van der Waals surface area contributed by atoms with Crippen molar-refractivity contribution in [1.82, 2.24) is 0 Å². The molecule has 0 N–H and O–H groups in total. The van der Waals surface area contributed by atoms with Crippen LogP contribution in [0.25, 0.3) is 0 Å². The van der Waals surface area contributed by atoms with Crippen LogP contribution in [0.3, 0.4) is 0 Å². The number of carbonyl (C=O) groups excluding carboxylic acids is 1. The molecule has 1 rings (SSSR count). The van der Waals surface area contributed by atoms with Crippen LogP contribution >= 0.6 is 0 Å². The fourth-order valence-corrected chi connectivity index (χ4v) is 2.09. The van der Waals surface area contributed by atoms with Gasteiger partial charge < -0.3 is 4.74 Å². The lowest BCUT2D eigenvalue weighted by Crippen LogP contribution is -2.18. The van der Waals surface area contributed by atoms with Gasteiger partial charge in [-0.15, -0.1) is 0 Å². The van der Waals surface area contributed by atoms with Crippen LogP contribution in [-0.2, 0) is 27.0 Å². The molecule has 1 aromatic rings. The molecular formula is C17H26O2. The Labute approximate surface area is 117 Å². The second-order valence-electron chi connectivity index (χ2n) is 7.15. The number of carbonyl (C=O) groups is 1. The highest BCUT2D eigenvalue weighted by molar-refractivity contribution is 5.66. The van der Waals surface area contributed by atoms with E-state index in [0.29, 0.717) is 6.61 Å². The quantitative estimate of drug-likeness (QED) is 0.741. The molecule has 0 aromatic heterocycles. The summed E-state index contributed by atoms with van der Waals surface area (Å²) in [5, 5.41) is 0. The van der Waals surface area contributed by atoms with Crippen LogP contribution in [-0.4, -0.2) is 5.97 Å². The summed E-state index contributed by atoms with van der Waals surface area (Å²) in [4.78, 5) is 11.0. The van der Waals surface area contributed by atoms with E-state index in [-0.39, 0.29) is 16.8 Å². The van der Waals surface area contributed by atoms with Crippen LogP contribution < -0.4 is 0 Å². The molecule has 19 heavy (non-hydrogen) atoms. The topological polar surface area (TPSA) is 26.3 Å². The third kappa shape index (κ3) is 4.38. The first-order valence-electron chi connectivity index (χ1n) is 6.79. The first kappa shape index (κ1) is 15.7. The van der Waals surface area contributed by atoms with Gasteiger partial charge >= 0.3 is 5.97 Å². The molecule has 0 saturated heterocycles. The van der Waals surface area contributed by atoms with Crippen LogP contribution in [0.1, 0.15) is 65.2 Å². The van der Waals surface area contributed by atoms with Crippen LogP contribution in [0.15, 0.2) is 18.2 Å². The van der Waals surface area contributed by atoms with E-state index >= 15 is 0 Å². The smallest absolute Gasteiger partial charge is 0.302 e. The molecule has 2 nitrogen and oxygen atoms in total. The zero-order valence-electron chi connectivity index (χ0n) is 13.3. The summed E-state index contributed by atoms with van der Waals surface area (Å²) in [6.45, 7) is 14.9. The highest BCUT2D eigenvalue weighted by atomic mass is 16.5. The largest absolute Gasteiger partial charge is 0.461 e. The Balaban J connectivity index is 3.22. The maximum atomic E-state index is 11.0.